The molecule has 15 heavy (non-hydrogen) atoms. The predicted molar refractivity (Wildman–Crippen MR) is 55.4 cm³/mol. The molecule has 4 nitrogen and oxygen atoms in total. The van der Waals surface area contributed by atoms with Gasteiger partial charge in [-0.05, 0) is 32.6 Å². The van der Waals surface area contributed by atoms with E-state index in [4.69, 9.17) is 9.47 Å². The van der Waals surface area contributed by atoms with Crippen LogP contribution in [-0.2, 0) is 19.0 Å². The maximum absolute atomic E-state index is 10.9. The minimum atomic E-state index is -0.185. The van der Waals surface area contributed by atoms with E-state index in [-0.39, 0.29) is 18.4 Å². The van der Waals surface area contributed by atoms with E-state index in [9.17, 15) is 4.79 Å². The van der Waals surface area contributed by atoms with E-state index in [1.54, 1.807) is 0 Å². The lowest BCUT2D eigenvalue weighted by Gasteiger charge is -2.25. The third kappa shape index (κ3) is 5.14. The van der Waals surface area contributed by atoms with Gasteiger partial charge in [0, 0.05) is 13.0 Å². The van der Waals surface area contributed by atoms with Crippen molar-refractivity contribution in [1.82, 2.24) is 0 Å². The molecular weight excluding hydrogens is 196 g/mol. The average molecular weight is 216 g/mol. The van der Waals surface area contributed by atoms with Crippen LogP contribution in [0.3, 0.4) is 0 Å². The van der Waals surface area contributed by atoms with E-state index in [1.807, 2.05) is 6.92 Å². The summed E-state index contributed by atoms with van der Waals surface area (Å²) in [6.45, 7) is 2.75. The molecule has 1 heterocycles. The van der Waals surface area contributed by atoms with Gasteiger partial charge >= 0.3 is 5.97 Å². The molecule has 0 aromatic carbocycles. The first-order chi connectivity index (χ1) is 7.22. The van der Waals surface area contributed by atoms with Crippen molar-refractivity contribution < 1.29 is 19.0 Å². The lowest BCUT2D eigenvalue weighted by Crippen LogP contribution is -2.26. The Kier molecular flexibility index (Phi) is 5.65. The zero-order valence-corrected chi connectivity index (χ0v) is 9.53. The maximum Gasteiger partial charge on any atom is 0.305 e. The molecule has 0 radical (unpaired) electrons. The molecule has 0 amide bonds. The minimum Gasteiger partial charge on any atom is -0.469 e. The van der Waals surface area contributed by atoms with Crippen LogP contribution in [0.1, 0.15) is 39.0 Å². The Hall–Kier alpha value is -0.610. The van der Waals surface area contributed by atoms with Crippen molar-refractivity contribution in [2.24, 2.45) is 0 Å². The Bertz CT molecular complexity index is 187. The summed E-state index contributed by atoms with van der Waals surface area (Å²) < 4.78 is 15.7. The van der Waals surface area contributed by atoms with Crippen LogP contribution in [0.15, 0.2) is 0 Å². The molecule has 1 aliphatic rings. The lowest BCUT2D eigenvalue weighted by molar-refractivity contribution is -0.186. The van der Waals surface area contributed by atoms with Gasteiger partial charge < -0.3 is 14.2 Å². The van der Waals surface area contributed by atoms with Gasteiger partial charge in [0.1, 0.15) is 0 Å². The topological polar surface area (TPSA) is 44.8 Å². The number of esters is 1. The van der Waals surface area contributed by atoms with Crippen LogP contribution < -0.4 is 0 Å². The second kappa shape index (κ2) is 6.80. The van der Waals surface area contributed by atoms with Crippen LogP contribution in [0.4, 0.5) is 0 Å². The quantitative estimate of drug-likeness (QED) is 0.658. The van der Waals surface area contributed by atoms with E-state index >= 15 is 0 Å². The number of ether oxygens (including phenoxy) is 3. The predicted octanol–water partition coefficient (Wildman–Crippen LogP) is 1.87. The van der Waals surface area contributed by atoms with Crippen molar-refractivity contribution >= 4 is 5.97 Å². The summed E-state index contributed by atoms with van der Waals surface area (Å²) in [6, 6.07) is 0. The van der Waals surface area contributed by atoms with Crippen LogP contribution in [-0.4, -0.2) is 32.1 Å². The molecular formula is C11H20O4. The first kappa shape index (κ1) is 12.5. The van der Waals surface area contributed by atoms with Gasteiger partial charge in [0.25, 0.3) is 0 Å². The summed E-state index contributed by atoms with van der Waals surface area (Å²) in [6.07, 6.45) is 4.31. The third-order valence-corrected chi connectivity index (χ3v) is 2.50. The monoisotopic (exact) mass is 216 g/mol. The maximum atomic E-state index is 10.9. The molecule has 4 heteroatoms. The standard InChI is InChI=1S/C11H20O4/c1-9(6-7-10(12)13-2)15-11-5-3-4-8-14-11/h9,11H,3-8H2,1-2H3/t9-,11-/m1/s1. The highest BCUT2D eigenvalue weighted by Gasteiger charge is 2.17. The number of carbonyl (C=O) groups excluding carboxylic acids is 1. The molecule has 0 spiro atoms. The molecule has 0 unspecified atom stereocenters. The second-order valence-corrected chi connectivity index (χ2v) is 3.86. The fourth-order valence-electron chi connectivity index (χ4n) is 1.57. The molecule has 2 atom stereocenters. The Morgan fingerprint density at radius 2 is 2.33 bits per heavy atom. The fourth-order valence-corrected chi connectivity index (χ4v) is 1.57. The molecule has 0 aliphatic carbocycles. The highest BCUT2D eigenvalue weighted by atomic mass is 16.7. The highest BCUT2D eigenvalue weighted by Crippen LogP contribution is 2.16. The molecule has 0 N–H and O–H groups in total. The Balaban J connectivity index is 2.11. The van der Waals surface area contributed by atoms with Gasteiger partial charge in [-0.25, -0.2) is 0 Å². The Morgan fingerprint density at radius 1 is 1.53 bits per heavy atom. The largest absolute Gasteiger partial charge is 0.469 e. The van der Waals surface area contributed by atoms with Gasteiger partial charge in [0.2, 0.25) is 0 Å². The zero-order chi connectivity index (χ0) is 11.1. The molecule has 0 bridgehead atoms. The number of methoxy groups -OCH3 is 1. The number of hydrogen-bond acceptors (Lipinski definition) is 4. The summed E-state index contributed by atoms with van der Waals surface area (Å²) in [4.78, 5) is 10.9. The van der Waals surface area contributed by atoms with E-state index < -0.39 is 0 Å². The summed E-state index contributed by atoms with van der Waals surface area (Å²) in [5.41, 5.74) is 0. The van der Waals surface area contributed by atoms with E-state index in [0.717, 1.165) is 25.9 Å². The van der Waals surface area contributed by atoms with Crippen molar-refractivity contribution in [3.05, 3.63) is 0 Å². The van der Waals surface area contributed by atoms with Crippen LogP contribution >= 0.6 is 0 Å². The van der Waals surface area contributed by atoms with Gasteiger partial charge in [0.15, 0.2) is 6.29 Å². The molecule has 1 fully saturated rings. The summed E-state index contributed by atoms with van der Waals surface area (Å²) >= 11 is 0. The molecule has 0 aromatic heterocycles. The van der Waals surface area contributed by atoms with Crippen molar-refractivity contribution in [3.63, 3.8) is 0 Å². The molecule has 1 rings (SSSR count). The fraction of sp³-hybridized carbons (Fsp3) is 0.909. The molecule has 88 valence electrons. The van der Waals surface area contributed by atoms with Crippen LogP contribution in [0.5, 0.6) is 0 Å². The molecule has 0 saturated carbocycles. The minimum absolute atomic E-state index is 0.0483. The number of rotatable bonds is 5. The van der Waals surface area contributed by atoms with E-state index in [0.29, 0.717) is 12.8 Å². The van der Waals surface area contributed by atoms with Gasteiger partial charge in [0.05, 0.1) is 13.2 Å². The number of carbonyl (C=O) groups is 1. The van der Waals surface area contributed by atoms with Gasteiger partial charge in [-0.1, -0.05) is 0 Å². The normalized spacial score (nSPS) is 23.5. The van der Waals surface area contributed by atoms with Crippen molar-refractivity contribution in [1.29, 1.82) is 0 Å². The second-order valence-electron chi connectivity index (χ2n) is 3.86. The average Bonchev–Trinajstić information content (AvgIpc) is 2.27. The smallest absolute Gasteiger partial charge is 0.305 e. The summed E-state index contributed by atoms with van der Waals surface area (Å²) in [7, 11) is 1.40. The van der Waals surface area contributed by atoms with Crippen LogP contribution in [0, 0.1) is 0 Å². The first-order valence-corrected chi connectivity index (χ1v) is 5.56. The van der Waals surface area contributed by atoms with Gasteiger partial charge in [-0.2, -0.15) is 0 Å². The van der Waals surface area contributed by atoms with Gasteiger partial charge in [-0.15, -0.1) is 0 Å². The van der Waals surface area contributed by atoms with Gasteiger partial charge in [-0.3, -0.25) is 4.79 Å². The van der Waals surface area contributed by atoms with Crippen molar-refractivity contribution in [3.8, 4) is 0 Å². The van der Waals surface area contributed by atoms with Crippen LogP contribution in [0.2, 0.25) is 0 Å². The van der Waals surface area contributed by atoms with Crippen LogP contribution in [0.25, 0.3) is 0 Å². The van der Waals surface area contributed by atoms with Crippen molar-refractivity contribution in [2.45, 2.75) is 51.4 Å². The molecule has 1 aliphatic heterocycles. The summed E-state index contributed by atoms with van der Waals surface area (Å²) in [5.74, 6) is -0.185. The SMILES string of the molecule is COC(=O)CC[C@@H](C)O[C@@H]1CCCCO1. The lowest BCUT2D eigenvalue weighted by atomic mass is 10.2. The first-order valence-electron chi connectivity index (χ1n) is 5.56. The van der Waals surface area contributed by atoms with E-state index in [1.165, 1.54) is 7.11 Å². The third-order valence-electron chi connectivity index (χ3n) is 2.50. The summed E-state index contributed by atoms with van der Waals surface area (Å²) in [5, 5.41) is 0. The Labute approximate surface area is 90.9 Å². The molecule has 1 saturated heterocycles. The highest BCUT2D eigenvalue weighted by molar-refractivity contribution is 5.69. The Morgan fingerprint density at radius 3 is 2.93 bits per heavy atom. The van der Waals surface area contributed by atoms with E-state index in [2.05, 4.69) is 4.74 Å². The number of hydrogen-bond donors (Lipinski definition) is 0. The molecule has 0 aromatic rings. The zero-order valence-electron chi connectivity index (χ0n) is 9.53. The van der Waals surface area contributed by atoms with Crippen molar-refractivity contribution in [2.75, 3.05) is 13.7 Å².